The highest BCUT2D eigenvalue weighted by Gasteiger charge is 2.23. The Morgan fingerprint density at radius 2 is 1.96 bits per heavy atom. The molecule has 0 aliphatic rings. The van der Waals surface area contributed by atoms with Crippen molar-refractivity contribution >= 4 is 0 Å². The van der Waals surface area contributed by atoms with Crippen molar-refractivity contribution in [3.8, 4) is 0 Å². The Morgan fingerprint density at radius 1 is 1.29 bits per heavy atom. The molecular weight excluding hydrogens is 292 g/mol. The highest BCUT2D eigenvalue weighted by molar-refractivity contribution is 5.25. The second-order valence-electron chi connectivity index (χ2n) is 6.79. The zero-order valence-corrected chi connectivity index (χ0v) is 17.1. The summed E-state index contributed by atoms with van der Waals surface area (Å²) < 4.78 is 0. The molecule has 0 saturated heterocycles. The highest BCUT2D eigenvalue weighted by Crippen LogP contribution is 2.24. The molecule has 24 heavy (non-hydrogen) atoms. The predicted molar refractivity (Wildman–Crippen MR) is 110 cm³/mol. The van der Waals surface area contributed by atoms with Crippen molar-refractivity contribution in [3.63, 3.8) is 0 Å². The summed E-state index contributed by atoms with van der Waals surface area (Å²) in [6, 6.07) is 1.03. The fourth-order valence-electron chi connectivity index (χ4n) is 3.21. The number of hydrogen-bond acceptors (Lipinski definition) is 2. The van der Waals surface area contributed by atoms with Crippen LogP contribution in [-0.4, -0.2) is 37.6 Å². The molecule has 0 saturated carbocycles. The van der Waals surface area contributed by atoms with Gasteiger partial charge in [0.25, 0.3) is 0 Å². The normalized spacial score (nSPS) is 17.3. The molecule has 0 radical (unpaired) electrons. The van der Waals surface area contributed by atoms with E-state index in [1.54, 1.807) is 0 Å². The van der Waals surface area contributed by atoms with Crippen molar-refractivity contribution in [3.05, 3.63) is 48.1 Å². The van der Waals surface area contributed by atoms with Crippen LogP contribution in [0.5, 0.6) is 0 Å². The Balaban J connectivity index is 4.89. The molecule has 0 aromatic carbocycles. The molecule has 0 spiro atoms. The van der Waals surface area contributed by atoms with E-state index in [9.17, 15) is 0 Å². The first-order valence-electron chi connectivity index (χ1n) is 9.37. The summed E-state index contributed by atoms with van der Waals surface area (Å²) >= 11 is 0. The van der Waals surface area contributed by atoms with Gasteiger partial charge in [0.05, 0.1) is 0 Å². The lowest BCUT2D eigenvalue weighted by Gasteiger charge is -2.34. The van der Waals surface area contributed by atoms with Crippen molar-refractivity contribution in [2.24, 2.45) is 5.92 Å². The molecule has 138 valence electrons. The first-order valence-corrected chi connectivity index (χ1v) is 9.37. The van der Waals surface area contributed by atoms with Crippen LogP contribution in [0.2, 0.25) is 0 Å². The van der Waals surface area contributed by atoms with Crippen molar-refractivity contribution in [2.45, 2.75) is 66.0 Å². The zero-order valence-electron chi connectivity index (χ0n) is 17.1. The summed E-state index contributed by atoms with van der Waals surface area (Å²) in [6.07, 6.45) is 13.9. The molecule has 1 N–H and O–H groups in total. The molecule has 0 heterocycles. The van der Waals surface area contributed by atoms with E-state index < -0.39 is 0 Å². The van der Waals surface area contributed by atoms with Crippen molar-refractivity contribution in [2.75, 3.05) is 20.6 Å². The molecule has 0 rings (SSSR count). The molecule has 0 aromatic rings. The topological polar surface area (TPSA) is 15.3 Å². The summed E-state index contributed by atoms with van der Waals surface area (Å²) in [5, 5.41) is 3.53. The maximum Gasteiger partial charge on any atom is 0.0282 e. The summed E-state index contributed by atoms with van der Waals surface area (Å²) in [6.45, 7) is 16.1. The van der Waals surface area contributed by atoms with Crippen LogP contribution in [0.25, 0.3) is 0 Å². The minimum atomic E-state index is 0.447. The van der Waals surface area contributed by atoms with Gasteiger partial charge in [0.2, 0.25) is 0 Å². The molecule has 0 aliphatic carbocycles. The lowest BCUT2D eigenvalue weighted by atomic mass is 9.86. The van der Waals surface area contributed by atoms with Crippen molar-refractivity contribution < 1.29 is 0 Å². The van der Waals surface area contributed by atoms with Gasteiger partial charge in [-0.05, 0) is 60.5 Å². The van der Waals surface area contributed by atoms with Crippen LogP contribution in [0.15, 0.2) is 48.1 Å². The molecule has 3 atom stereocenters. The SMILES string of the molecule is C=C/C=C\CCN(C)[C@@H](C)C(CC)C[C@@H](NC)/C(C)=C(C)/C=C\C. The monoisotopic (exact) mass is 332 g/mol. The van der Waals surface area contributed by atoms with Gasteiger partial charge < -0.3 is 10.2 Å². The van der Waals surface area contributed by atoms with E-state index in [2.05, 4.69) is 83.7 Å². The summed E-state index contributed by atoms with van der Waals surface area (Å²) in [5.74, 6) is 0.684. The molecule has 0 aliphatic heterocycles. The third kappa shape index (κ3) is 8.12. The van der Waals surface area contributed by atoms with Gasteiger partial charge in [0.15, 0.2) is 0 Å². The van der Waals surface area contributed by atoms with Gasteiger partial charge in [0.1, 0.15) is 0 Å². The molecule has 2 heteroatoms. The van der Waals surface area contributed by atoms with E-state index in [1.165, 1.54) is 24.0 Å². The Morgan fingerprint density at radius 3 is 2.46 bits per heavy atom. The van der Waals surface area contributed by atoms with Gasteiger partial charge in [-0.2, -0.15) is 0 Å². The van der Waals surface area contributed by atoms with Gasteiger partial charge in [0, 0.05) is 18.6 Å². The van der Waals surface area contributed by atoms with Gasteiger partial charge in [-0.3, -0.25) is 0 Å². The van der Waals surface area contributed by atoms with E-state index in [1.807, 2.05) is 12.2 Å². The fraction of sp³-hybridized carbons (Fsp3) is 0.636. The number of nitrogens with one attached hydrogen (secondary N) is 1. The van der Waals surface area contributed by atoms with E-state index in [-0.39, 0.29) is 0 Å². The first kappa shape index (κ1) is 22.9. The number of hydrogen-bond donors (Lipinski definition) is 1. The maximum absolute atomic E-state index is 3.72. The summed E-state index contributed by atoms with van der Waals surface area (Å²) in [5.41, 5.74) is 2.83. The van der Waals surface area contributed by atoms with Crippen LogP contribution >= 0.6 is 0 Å². The summed E-state index contributed by atoms with van der Waals surface area (Å²) in [4.78, 5) is 2.49. The molecule has 0 aromatic heterocycles. The number of allylic oxidation sites excluding steroid dienone is 5. The van der Waals surface area contributed by atoms with Crippen LogP contribution in [0.4, 0.5) is 0 Å². The van der Waals surface area contributed by atoms with Gasteiger partial charge in [-0.15, -0.1) is 0 Å². The van der Waals surface area contributed by atoms with Crippen LogP contribution < -0.4 is 5.32 Å². The van der Waals surface area contributed by atoms with E-state index in [0.717, 1.165) is 13.0 Å². The Kier molecular flexibility index (Phi) is 12.6. The lowest BCUT2D eigenvalue weighted by molar-refractivity contribution is 0.175. The average molecular weight is 333 g/mol. The fourth-order valence-corrected chi connectivity index (χ4v) is 3.21. The van der Waals surface area contributed by atoms with Gasteiger partial charge in [-0.25, -0.2) is 0 Å². The van der Waals surface area contributed by atoms with Gasteiger partial charge >= 0.3 is 0 Å². The standard InChI is InChI=1S/C22H40N2/c1-9-12-13-14-16-24(8)20(6)21(11-3)17-22(23-7)19(5)18(4)15-10-2/h9-10,12-13,15,20-23H,1,11,14,16-17H2,2-8H3/b13-12-,15-10-,19-18+/t20-,21?,22+/m0/s1. The Bertz CT molecular complexity index is 431. The minimum absolute atomic E-state index is 0.447. The second kappa shape index (κ2) is 13.2. The number of rotatable bonds is 12. The molecule has 0 amide bonds. The van der Waals surface area contributed by atoms with E-state index in [4.69, 9.17) is 0 Å². The van der Waals surface area contributed by atoms with Crippen LogP contribution in [-0.2, 0) is 0 Å². The summed E-state index contributed by atoms with van der Waals surface area (Å²) in [7, 11) is 4.33. The smallest absolute Gasteiger partial charge is 0.0282 e. The average Bonchev–Trinajstić information content (AvgIpc) is 2.58. The molecule has 0 bridgehead atoms. The van der Waals surface area contributed by atoms with Crippen LogP contribution in [0.3, 0.4) is 0 Å². The van der Waals surface area contributed by atoms with Crippen LogP contribution in [0, 0.1) is 5.92 Å². The molecule has 2 nitrogen and oxygen atoms in total. The van der Waals surface area contributed by atoms with Crippen molar-refractivity contribution in [1.29, 1.82) is 0 Å². The van der Waals surface area contributed by atoms with Crippen molar-refractivity contribution in [1.82, 2.24) is 10.2 Å². The third-order valence-corrected chi connectivity index (χ3v) is 5.27. The number of likely N-dealkylation sites (N-methyl/N-ethyl adjacent to an activating group) is 1. The number of nitrogens with zero attached hydrogens (tertiary/aromatic N) is 1. The molecule has 1 unspecified atom stereocenters. The highest BCUT2D eigenvalue weighted by atomic mass is 15.1. The second-order valence-corrected chi connectivity index (χ2v) is 6.79. The predicted octanol–water partition coefficient (Wildman–Crippen LogP) is 5.36. The lowest BCUT2D eigenvalue weighted by Crippen LogP contribution is -2.40. The Hall–Kier alpha value is -1.12. The van der Waals surface area contributed by atoms with E-state index in [0.29, 0.717) is 18.0 Å². The Labute approximate surface area is 151 Å². The third-order valence-electron chi connectivity index (χ3n) is 5.27. The maximum atomic E-state index is 3.72. The first-order chi connectivity index (χ1) is 11.4. The van der Waals surface area contributed by atoms with Gasteiger partial charge in [-0.1, -0.05) is 61.4 Å². The largest absolute Gasteiger partial charge is 0.313 e. The minimum Gasteiger partial charge on any atom is -0.313 e. The quantitative estimate of drug-likeness (QED) is 0.484. The molecule has 0 fully saturated rings. The van der Waals surface area contributed by atoms with E-state index >= 15 is 0 Å². The zero-order chi connectivity index (χ0) is 18.5. The van der Waals surface area contributed by atoms with Crippen LogP contribution in [0.1, 0.15) is 53.9 Å². The molecular formula is C22H40N2.